The Morgan fingerprint density at radius 3 is 2.82 bits per heavy atom. The van der Waals surface area contributed by atoms with Crippen molar-refractivity contribution in [1.29, 1.82) is 5.26 Å². The van der Waals surface area contributed by atoms with E-state index in [0.29, 0.717) is 33.4 Å². The number of aliphatic hydroxyl groups excluding tert-OH is 2. The predicted octanol–water partition coefficient (Wildman–Crippen LogP) is 3.05. The third kappa shape index (κ3) is 3.84. The first-order chi connectivity index (χ1) is 15.8. The Hall–Kier alpha value is -3.39. The Morgan fingerprint density at radius 2 is 2.21 bits per heavy atom. The summed E-state index contributed by atoms with van der Waals surface area (Å²) in [5.74, 6) is 0.324. The molecule has 2 unspecified atom stereocenters. The van der Waals surface area contributed by atoms with E-state index in [2.05, 4.69) is 21.7 Å². The molecule has 2 atom stereocenters. The highest BCUT2D eigenvalue weighted by molar-refractivity contribution is 6.35. The molecule has 11 heteroatoms. The number of rotatable bonds is 5. The molecule has 2 aromatic heterocycles. The lowest BCUT2D eigenvalue weighted by molar-refractivity contribution is 0.0573. The highest BCUT2D eigenvalue weighted by Gasteiger charge is 2.40. The minimum atomic E-state index is -2.98. The molecule has 0 amide bonds. The molecule has 3 heterocycles. The van der Waals surface area contributed by atoms with Gasteiger partial charge in [0.2, 0.25) is 0 Å². The topological polar surface area (TPSA) is 110 Å². The molecule has 1 aliphatic heterocycles. The van der Waals surface area contributed by atoms with Crippen LogP contribution in [0.1, 0.15) is 28.9 Å². The fourth-order valence-corrected chi connectivity index (χ4v) is 4.04. The maximum Gasteiger partial charge on any atom is 0.283 e. The minimum absolute atomic E-state index is 0.0253. The van der Waals surface area contributed by atoms with E-state index in [1.54, 1.807) is 42.2 Å². The number of fused-ring (bicyclic) bond motifs is 1. The van der Waals surface area contributed by atoms with Gasteiger partial charge in [0, 0.05) is 28.9 Å². The summed E-state index contributed by atoms with van der Waals surface area (Å²) in [5.41, 5.74) is 1.08. The molecule has 8 nitrogen and oxygen atoms in total. The first-order valence-corrected chi connectivity index (χ1v) is 10.3. The third-order valence-corrected chi connectivity index (χ3v) is 5.76. The molecule has 0 spiro atoms. The van der Waals surface area contributed by atoms with Gasteiger partial charge in [0.25, 0.3) is 6.43 Å². The van der Waals surface area contributed by atoms with Crippen molar-refractivity contribution < 1.29 is 19.0 Å². The van der Waals surface area contributed by atoms with Gasteiger partial charge in [-0.15, -0.1) is 0 Å². The fraction of sp³-hybridized carbons (Fsp3) is 0.273. The summed E-state index contributed by atoms with van der Waals surface area (Å²) >= 11 is 6.10. The number of aliphatic hydroxyl groups is 2. The maximum atomic E-state index is 13.6. The van der Waals surface area contributed by atoms with Gasteiger partial charge >= 0.3 is 0 Å². The Bertz CT molecular complexity index is 1300. The Balaban J connectivity index is 2.02. The molecule has 2 aromatic rings. The fourth-order valence-electron chi connectivity index (χ4n) is 3.87. The van der Waals surface area contributed by atoms with Crippen LogP contribution in [0.5, 0.6) is 0 Å². The molecule has 4 rings (SSSR count). The van der Waals surface area contributed by atoms with E-state index in [1.807, 2.05) is 0 Å². The van der Waals surface area contributed by atoms with E-state index in [4.69, 9.17) is 11.6 Å². The van der Waals surface area contributed by atoms with E-state index < -0.39 is 24.3 Å². The van der Waals surface area contributed by atoms with Gasteiger partial charge in [-0.1, -0.05) is 24.3 Å². The standard InChI is InChI=1S/C22H19ClF2N6O2/c1-3-27-16-7-13(23)5-4-12(16)6-14-11(2)28-21-15(8-26)19(20(24)25)29-31(21)22(14)30-9-18(33)17(30)10-32/h3-7,17-18,20,32-33H,1,9-10H2,2H3/b12-6+,27-16?. The number of nitrogens with zero attached hydrogens (tertiary/aromatic N) is 6. The zero-order valence-electron chi connectivity index (χ0n) is 17.5. The zero-order valence-corrected chi connectivity index (χ0v) is 18.2. The molecule has 2 aliphatic rings. The number of anilines is 1. The van der Waals surface area contributed by atoms with Crippen LogP contribution < -0.4 is 4.90 Å². The van der Waals surface area contributed by atoms with Crippen LogP contribution >= 0.6 is 11.6 Å². The molecule has 1 saturated heterocycles. The molecular weight excluding hydrogens is 454 g/mol. The number of β-amino-alcohol motifs (C(OH)–C–C–N with tert-alkyl or cyclic N) is 1. The number of allylic oxidation sites excluding steroid dienone is 5. The van der Waals surface area contributed by atoms with Crippen LogP contribution in [0.3, 0.4) is 0 Å². The lowest BCUT2D eigenvalue weighted by Crippen LogP contribution is -2.62. The van der Waals surface area contributed by atoms with E-state index in [-0.39, 0.29) is 24.4 Å². The largest absolute Gasteiger partial charge is 0.394 e. The van der Waals surface area contributed by atoms with E-state index in [0.717, 1.165) is 0 Å². The summed E-state index contributed by atoms with van der Waals surface area (Å²) in [6.45, 7) is 5.06. The predicted molar refractivity (Wildman–Crippen MR) is 120 cm³/mol. The summed E-state index contributed by atoms with van der Waals surface area (Å²) in [4.78, 5) is 10.3. The van der Waals surface area contributed by atoms with Crippen LogP contribution in [0, 0.1) is 18.3 Å². The van der Waals surface area contributed by atoms with Crippen molar-refractivity contribution in [3.8, 4) is 6.07 Å². The molecule has 0 bridgehead atoms. The van der Waals surface area contributed by atoms with E-state index >= 15 is 0 Å². The van der Waals surface area contributed by atoms with Gasteiger partial charge in [-0.2, -0.15) is 14.9 Å². The Labute approximate surface area is 192 Å². The minimum Gasteiger partial charge on any atom is -0.394 e. The molecule has 2 N–H and O–H groups in total. The number of hydrogen-bond donors (Lipinski definition) is 2. The quantitative estimate of drug-likeness (QED) is 0.692. The smallest absolute Gasteiger partial charge is 0.283 e. The molecule has 33 heavy (non-hydrogen) atoms. The molecule has 1 aliphatic carbocycles. The van der Waals surface area contributed by atoms with Crippen molar-refractivity contribution >= 4 is 34.9 Å². The molecule has 0 aromatic carbocycles. The number of aliphatic imine (C=N–C) groups is 1. The van der Waals surface area contributed by atoms with Gasteiger partial charge in [-0.25, -0.2) is 13.8 Å². The van der Waals surface area contributed by atoms with Crippen LogP contribution in [0.25, 0.3) is 11.7 Å². The van der Waals surface area contributed by atoms with Gasteiger partial charge in [-0.3, -0.25) is 4.99 Å². The van der Waals surface area contributed by atoms with E-state index in [9.17, 15) is 24.3 Å². The number of halogens is 3. The average Bonchev–Trinajstić information content (AvgIpc) is 3.13. The highest BCUT2D eigenvalue weighted by atomic mass is 35.5. The van der Waals surface area contributed by atoms with Crippen LogP contribution in [0.4, 0.5) is 14.6 Å². The van der Waals surface area contributed by atoms with Crippen molar-refractivity contribution in [1.82, 2.24) is 14.6 Å². The van der Waals surface area contributed by atoms with Crippen LogP contribution in [0.15, 0.2) is 46.6 Å². The second-order valence-corrected chi connectivity index (χ2v) is 7.91. The van der Waals surface area contributed by atoms with Crippen LogP contribution in [0.2, 0.25) is 0 Å². The highest BCUT2D eigenvalue weighted by Crippen LogP contribution is 2.36. The second kappa shape index (κ2) is 8.86. The summed E-state index contributed by atoms with van der Waals surface area (Å²) in [7, 11) is 0. The number of aromatic nitrogens is 3. The first-order valence-electron chi connectivity index (χ1n) is 9.93. The number of hydrogen-bond acceptors (Lipinski definition) is 7. The lowest BCUT2D eigenvalue weighted by atomic mass is 9.97. The van der Waals surface area contributed by atoms with Crippen LogP contribution in [-0.4, -0.2) is 55.8 Å². The Kier molecular flexibility index (Phi) is 6.12. The maximum absolute atomic E-state index is 13.6. The third-order valence-electron chi connectivity index (χ3n) is 5.52. The lowest BCUT2D eigenvalue weighted by Gasteiger charge is -2.46. The van der Waals surface area contributed by atoms with Crippen molar-refractivity contribution in [3.05, 3.63) is 64.1 Å². The summed E-state index contributed by atoms with van der Waals surface area (Å²) in [5, 5.41) is 33.9. The molecule has 0 saturated carbocycles. The number of alkyl halides is 2. The van der Waals surface area contributed by atoms with Gasteiger partial charge in [-0.05, 0) is 25.2 Å². The van der Waals surface area contributed by atoms with Crippen molar-refractivity contribution in [2.45, 2.75) is 25.5 Å². The van der Waals surface area contributed by atoms with Crippen molar-refractivity contribution in [2.24, 2.45) is 4.99 Å². The van der Waals surface area contributed by atoms with Gasteiger partial charge < -0.3 is 15.1 Å². The van der Waals surface area contributed by atoms with E-state index in [1.165, 1.54) is 10.7 Å². The summed E-state index contributed by atoms with van der Waals surface area (Å²) < 4.78 is 28.4. The average molecular weight is 473 g/mol. The van der Waals surface area contributed by atoms with Crippen molar-refractivity contribution in [3.63, 3.8) is 0 Å². The molecule has 1 fully saturated rings. The molecular formula is C22H19ClF2N6O2. The zero-order chi connectivity index (χ0) is 23.9. The number of aryl methyl sites for hydroxylation is 1. The SMILES string of the molecule is C=CN=C1C=C(Cl)C=C/C1=C\c1c(C)nc2c(C#N)c(C(F)F)nn2c1N1CC(O)C1CO. The van der Waals surface area contributed by atoms with Crippen molar-refractivity contribution in [2.75, 3.05) is 18.1 Å². The molecule has 0 radical (unpaired) electrons. The summed E-state index contributed by atoms with van der Waals surface area (Å²) in [6, 6.07) is 1.10. The van der Waals surface area contributed by atoms with Crippen LogP contribution in [-0.2, 0) is 0 Å². The monoisotopic (exact) mass is 472 g/mol. The molecule has 170 valence electrons. The first kappa shape index (κ1) is 22.8. The van der Waals surface area contributed by atoms with Gasteiger partial charge in [0.1, 0.15) is 23.1 Å². The normalized spacial score (nSPS) is 22.7. The van der Waals surface area contributed by atoms with Gasteiger partial charge in [0.15, 0.2) is 5.65 Å². The Morgan fingerprint density at radius 1 is 1.45 bits per heavy atom. The number of nitriles is 1. The second-order valence-electron chi connectivity index (χ2n) is 7.47. The van der Waals surface area contributed by atoms with Gasteiger partial charge in [0.05, 0.1) is 30.2 Å². The summed E-state index contributed by atoms with van der Waals surface area (Å²) in [6.07, 6.45) is 4.38.